The summed E-state index contributed by atoms with van der Waals surface area (Å²) in [6, 6.07) is 12.8. The van der Waals surface area contributed by atoms with Crippen molar-refractivity contribution in [3.63, 3.8) is 0 Å². The van der Waals surface area contributed by atoms with Gasteiger partial charge in [0.25, 0.3) is 0 Å². The number of nitrogens with zero attached hydrogens (tertiary/aromatic N) is 2. The zero-order valence-corrected chi connectivity index (χ0v) is 14.3. The third-order valence-electron chi connectivity index (χ3n) is 3.85. The normalized spacial score (nSPS) is 11.6. The molecule has 0 aliphatic carbocycles. The van der Waals surface area contributed by atoms with E-state index >= 15 is 0 Å². The lowest BCUT2D eigenvalue weighted by Gasteiger charge is -2.06. The number of H-pyrrole nitrogens is 1. The lowest BCUT2D eigenvalue weighted by molar-refractivity contribution is 0.480. The number of fused-ring (bicyclic) bond motifs is 2. The van der Waals surface area contributed by atoms with Crippen LogP contribution in [0.3, 0.4) is 0 Å². The quantitative estimate of drug-likeness (QED) is 0.343. The van der Waals surface area contributed by atoms with Crippen molar-refractivity contribution < 1.29 is 5.11 Å². The Morgan fingerprint density at radius 1 is 1.12 bits per heavy atom. The van der Waals surface area contributed by atoms with Crippen LogP contribution in [0.5, 0.6) is 5.75 Å². The van der Waals surface area contributed by atoms with Crippen molar-refractivity contribution in [1.29, 1.82) is 0 Å². The molecule has 0 atom stereocenters. The first-order valence-electron chi connectivity index (χ1n) is 7.46. The fourth-order valence-corrected chi connectivity index (χ4v) is 3.06. The van der Waals surface area contributed by atoms with E-state index in [0.717, 1.165) is 16.5 Å². The molecular weight excluding hydrogens is 359 g/mol. The van der Waals surface area contributed by atoms with Gasteiger partial charge in [-0.15, -0.1) is 0 Å². The van der Waals surface area contributed by atoms with Crippen molar-refractivity contribution in [2.45, 2.75) is 0 Å². The molecule has 0 aliphatic rings. The molecule has 0 radical (unpaired) electrons. The number of hydrogen-bond donors (Lipinski definition) is 3. The molecule has 25 heavy (non-hydrogen) atoms. The van der Waals surface area contributed by atoms with Crippen LogP contribution in [-0.2, 0) is 0 Å². The van der Waals surface area contributed by atoms with E-state index in [1.54, 1.807) is 18.3 Å². The predicted molar refractivity (Wildman–Crippen MR) is 103 cm³/mol. The van der Waals surface area contributed by atoms with Crippen LogP contribution < -0.4 is 5.43 Å². The average molecular weight is 371 g/mol. The second-order valence-electron chi connectivity index (χ2n) is 5.44. The van der Waals surface area contributed by atoms with Crippen molar-refractivity contribution in [3.05, 3.63) is 64.3 Å². The third kappa shape index (κ3) is 2.88. The van der Waals surface area contributed by atoms with Crippen LogP contribution in [0.1, 0.15) is 5.56 Å². The molecule has 0 aliphatic heterocycles. The maximum absolute atomic E-state index is 10.0. The van der Waals surface area contributed by atoms with E-state index in [-0.39, 0.29) is 10.8 Å². The van der Waals surface area contributed by atoms with Crippen LogP contribution in [-0.4, -0.2) is 21.3 Å². The summed E-state index contributed by atoms with van der Waals surface area (Å²) < 4.78 is 0. The number of para-hydroxylation sites is 1. The number of anilines is 1. The zero-order valence-electron chi connectivity index (χ0n) is 12.8. The third-order valence-corrected chi connectivity index (χ3v) is 4.65. The summed E-state index contributed by atoms with van der Waals surface area (Å²) in [6.07, 6.45) is 3.59. The highest BCUT2D eigenvalue weighted by molar-refractivity contribution is 6.45. The zero-order chi connectivity index (χ0) is 17.4. The monoisotopic (exact) mass is 370 g/mol. The Labute approximate surface area is 152 Å². The van der Waals surface area contributed by atoms with Crippen LogP contribution in [0.15, 0.2) is 53.8 Å². The van der Waals surface area contributed by atoms with Gasteiger partial charge in [-0.25, -0.2) is 4.98 Å². The van der Waals surface area contributed by atoms with Crippen LogP contribution in [0.2, 0.25) is 10.0 Å². The average Bonchev–Trinajstić information content (AvgIpc) is 3.03. The van der Waals surface area contributed by atoms with E-state index in [4.69, 9.17) is 23.2 Å². The van der Waals surface area contributed by atoms with Gasteiger partial charge < -0.3 is 10.1 Å². The molecule has 0 fully saturated rings. The highest BCUT2D eigenvalue weighted by Crippen LogP contribution is 2.36. The molecule has 4 aromatic rings. The number of hydrazone groups is 1. The fourth-order valence-electron chi connectivity index (χ4n) is 2.64. The molecule has 0 spiro atoms. The number of phenolic OH excluding ortho intramolecular Hbond substituents is 1. The van der Waals surface area contributed by atoms with Gasteiger partial charge in [-0.3, -0.25) is 5.43 Å². The SMILES string of the molecule is Oc1cc(Cl)c(Cl)c2ccc(N/N=C/c3c[nH]c4ccccc34)nc12. The number of nitrogens with one attached hydrogen (secondary N) is 2. The highest BCUT2D eigenvalue weighted by atomic mass is 35.5. The first-order chi connectivity index (χ1) is 12.1. The molecule has 0 unspecified atom stereocenters. The Kier molecular flexibility index (Phi) is 3.95. The number of rotatable bonds is 3. The maximum atomic E-state index is 10.0. The minimum atomic E-state index is -0.0336. The van der Waals surface area contributed by atoms with Crippen LogP contribution in [0.4, 0.5) is 5.82 Å². The molecule has 7 heteroatoms. The summed E-state index contributed by atoms with van der Waals surface area (Å²) in [5.41, 5.74) is 5.23. The summed E-state index contributed by atoms with van der Waals surface area (Å²) in [5, 5.41) is 16.5. The molecule has 2 aromatic carbocycles. The minimum absolute atomic E-state index is 0.0336. The Bertz CT molecular complexity index is 1120. The smallest absolute Gasteiger partial charge is 0.147 e. The van der Waals surface area contributed by atoms with Gasteiger partial charge in [-0.2, -0.15) is 5.10 Å². The summed E-state index contributed by atoms with van der Waals surface area (Å²) in [6.45, 7) is 0. The molecule has 5 nitrogen and oxygen atoms in total. The van der Waals surface area contributed by atoms with Gasteiger partial charge in [-0.05, 0) is 18.2 Å². The van der Waals surface area contributed by atoms with Gasteiger partial charge in [0, 0.05) is 34.1 Å². The lowest BCUT2D eigenvalue weighted by Crippen LogP contribution is -1.94. The van der Waals surface area contributed by atoms with E-state index in [9.17, 15) is 5.11 Å². The van der Waals surface area contributed by atoms with Crippen molar-refractivity contribution in [1.82, 2.24) is 9.97 Å². The number of hydrogen-bond acceptors (Lipinski definition) is 4. The molecule has 0 amide bonds. The van der Waals surface area contributed by atoms with Crippen molar-refractivity contribution in [3.8, 4) is 5.75 Å². The Balaban J connectivity index is 1.63. The molecular formula is C18H12Cl2N4O. The molecule has 2 heterocycles. The van der Waals surface area contributed by atoms with E-state index < -0.39 is 0 Å². The lowest BCUT2D eigenvalue weighted by atomic mass is 10.2. The van der Waals surface area contributed by atoms with Crippen molar-refractivity contribution in [2.75, 3.05) is 5.43 Å². The van der Waals surface area contributed by atoms with Crippen LogP contribution >= 0.6 is 23.2 Å². The molecule has 124 valence electrons. The second kappa shape index (κ2) is 6.27. The summed E-state index contributed by atoms with van der Waals surface area (Å²) in [4.78, 5) is 7.52. The number of aromatic amines is 1. The van der Waals surface area contributed by atoms with Gasteiger partial charge in [-0.1, -0.05) is 41.4 Å². The molecule has 2 aromatic heterocycles. The van der Waals surface area contributed by atoms with Crippen LogP contribution in [0, 0.1) is 0 Å². The van der Waals surface area contributed by atoms with E-state index in [1.807, 2.05) is 30.5 Å². The summed E-state index contributed by atoms with van der Waals surface area (Å²) in [7, 11) is 0. The fraction of sp³-hybridized carbons (Fsp3) is 0. The first-order valence-corrected chi connectivity index (χ1v) is 8.22. The van der Waals surface area contributed by atoms with Crippen LogP contribution in [0.25, 0.3) is 21.8 Å². The molecule has 3 N–H and O–H groups in total. The molecule has 0 bridgehead atoms. The topological polar surface area (TPSA) is 73.3 Å². The summed E-state index contributed by atoms with van der Waals surface area (Å²) in [5.74, 6) is 0.450. The first kappa shape index (κ1) is 15.7. The molecule has 4 rings (SSSR count). The summed E-state index contributed by atoms with van der Waals surface area (Å²) >= 11 is 12.1. The largest absolute Gasteiger partial charge is 0.506 e. The number of pyridine rings is 1. The van der Waals surface area contributed by atoms with Crippen molar-refractivity contribution >= 4 is 57.0 Å². The van der Waals surface area contributed by atoms with E-state index in [2.05, 4.69) is 20.5 Å². The standard InChI is InChI=1S/C18H12Cl2N4O/c19-13-7-15(25)18-12(17(13)20)5-6-16(23-18)24-22-9-10-8-21-14-4-2-1-3-11(10)14/h1-9,21,25H,(H,23,24)/b22-9+. The Hall–Kier alpha value is -2.76. The maximum Gasteiger partial charge on any atom is 0.147 e. The highest BCUT2D eigenvalue weighted by Gasteiger charge is 2.10. The molecule has 0 saturated carbocycles. The Morgan fingerprint density at radius 2 is 1.96 bits per heavy atom. The number of phenols is 1. The van der Waals surface area contributed by atoms with Gasteiger partial charge >= 0.3 is 0 Å². The van der Waals surface area contributed by atoms with Gasteiger partial charge in [0.15, 0.2) is 0 Å². The van der Waals surface area contributed by atoms with Gasteiger partial charge in [0.05, 0.1) is 16.3 Å². The van der Waals surface area contributed by atoms with Gasteiger partial charge in [0.2, 0.25) is 0 Å². The minimum Gasteiger partial charge on any atom is -0.506 e. The number of aromatic nitrogens is 2. The number of halogens is 2. The van der Waals surface area contributed by atoms with E-state index in [0.29, 0.717) is 21.7 Å². The van der Waals surface area contributed by atoms with Gasteiger partial charge in [0.1, 0.15) is 17.1 Å². The Morgan fingerprint density at radius 3 is 2.84 bits per heavy atom. The number of benzene rings is 2. The molecule has 0 saturated heterocycles. The van der Waals surface area contributed by atoms with E-state index in [1.165, 1.54) is 6.07 Å². The second-order valence-corrected chi connectivity index (χ2v) is 6.23. The van der Waals surface area contributed by atoms with Crippen molar-refractivity contribution in [2.24, 2.45) is 5.10 Å². The number of aromatic hydroxyl groups is 1. The predicted octanol–water partition coefficient (Wildman–Crippen LogP) is 5.17.